The van der Waals surface area contributed by atoms with Gasteiger partial charge in [0, 0.05) is 58.4 Å². The van der Waals surface area contributed by atoms with Crippen molar-refractivity contribution in [2.45, 2.75) is 13.5 Å². The summed E-state index contributed by atoms with van der Waals surface area (Å²) in [6, 6.07) is 6.79. The number of hydrogen-bond donors (Lipinski definition) is 2. The summed E-state index contributed by atoms with van der Waals surface area (Å²) in [7, 11) is 1.73. The van der Waals surface area contributed by atoms with Crippen molar-refractivity contribution in [3.8, 4) is 0 Å². The Bertz CT molecular complexity index is 498. The van der Waals surface area contributed by atoms with E-state index in [1.807, 2.05) is 6.07 Å². The Morgan fingerprint density at radius 2 is 1.83 bits per heavy atom. The Kier molecular flexibility index (Phi) is 7.29. The normalized spacial score (nSPS) is 17.3. The number of hydrogen-bond acceptors (Lipinski definition) is 3. The lowest BCUT2D eigenvalue weighted by molar-refractivity contribution is 0.139. The highest BCUT2D eigenvalue weighted by molar-refractivity contribution is 5.79. The molecule has 0 spiro atoms. The van der Waals surface area contributed by atoms with Crippen molar-refractivity contribution >= 4 is 5.96 Å². The maximum absolute atomic E-state index is 13.6. The molecular formula is C17H28FN5. The van der Waals surface area contributed by atoms with E-state index in [0.29, 0.717) is 18.1 Å². The topological polar surface area (TPSA) is 42.9 Å². The minimum atomic E-state index is -0.191. The van der Waals surface area contributed by atoms with Crippen LogP contribution in [0.2, 0.25) is 0 Å². The Labute approximate surface area is 138 Å². The van der Waals surface area contributed by atoms with E-state index in [4.69, 9.17) is 0 Å². The summed E-state index contributed by atoms with van der Waals surface area (Å²) < 4.78 is 13.6. The van der Waals surface area contributed by atoms with E-state index in [1.165, 1.54) is 6.07 Å². The molecule has 2 rings (SSSR count). The molecule has 1 aliphatic heterocycles. The first-order valence-corrected chi connectivity index (χ1v) is 8.35. The number of halogens is 1. The van der Waals surface area contributed by atoms with Gasteiger partial charge in [0.1, 0.15) is 5.82 Å². The zero-order valence-electron chi connectivity index (χ0n) is 14.2. The molecule has 0 aliphatic carbocycles. The number of benzene rings is 1. The summed E-state index contributed by atoms with van der Waals surface area (Å²) in [5, 5.41) is 6.45. The van der Waals surface area contributed by atoms with E-state index in [9.17, 15) is 4.39 Å². The summed E-state index contributed by atoms with van der Waals surface area (Å²) in [6.45, 7) is 10.2. The third-order valence-electron chi connectivity index (χ3n) is 4.26. The second-order valence-electron chi connectivity index (χ2n) is 5.72. The van der Waals surface area contributed by atoms with Crippen molar-refractivity contribution in [2.75, 3.05) is 52.9 Å². The number of nitrogens with one attached hydrogen (secondary N) is 2. The molecule has 0 atom stereocenters. The predicted molar refractivity (Wildman–Crippen MR) is 93.2 cm³/mol. The summed E-state index contributed by atoms with van der Waals surface area (Å²) in [5.74, 6) is 0.518. The molecule has 0 radical (unpaired) electrons. The monoisotopic (exact) mass is 321 g/mol. The van der Waals surface area contributed by atoms with Crippen LogP contribution in [0.25, 0.3) is 0 Å². The van der Waals surface area contributed by atoms with Crippen LogP contribution in [-0.2, 0) is 6.54 Å². The Morgan fingerprint density at radius 1 is 1.13 bits per heavy atom. The number of piperazine rings is 1. The molecule has 0 unspecified atom stereocenters. The van der Waals surface area contributed by atoms with Crippen LogP contribution >= 0.6 is 0 Å². The van der Waals surface area contributed by atoms with E-state index >= 15 is 0 Å². The average Bonchev–Trinajstić information content (AvgIpc) is 2.59. The first-order valence-electron chi connectivity index (χ1n) is 8.35. The van der Waals surface area contributed by atoms with E-state index in [-0.39, 0.29) is 5.82 Å². The van der Waals surface area contributed by atoms with Crippen molar-refractivity contribution < 1.29 is 4.39 Å². The molecule has 1 aromatic rings. The van der Waals surface area contributed by atoms with Gasteiger partial charge < -0.3 is 15.5 Å². The second kappa shape index (κ2) is 9.47. The van der Waals surface area contributed by atoms with E-state index in [1.54, 1.807) is 19.2 Å². The van der Waals surface area contributed by atoms with E-state index in [0.717, 1.165) is 45.8 Å². The maximum atomic E-state index is 13.6. The van der Waals surface area contributed by atoms with Crippen LogP contribution in [0.1, 0.15) is 12.5 Å². The van der Waals surface area contributed by atoms with Gasteiger partial charge in [0.25, 0.3) is 0 Å². The number of guanidine groups is 1. The van der Waals surface area contributed by atoms with Gasteiger partial charge in [0.15, 0.2) is 5.96 Å². The Balaban J connectivity index is 1.67. The first kappa shape index (κ1) is 17.7. The van der Waals surface area contributed by atoms with E-state index in [2.05, 4.69) is 32.3 Å². The third-order valence-corrected chi connectivity index (χ3v) is 4.26. The maximum Gasteiger partial charge on any atom is 0.191 e. The van der Waals surface area contributed by atoms with Gasteiger partial charge in [-0.15, -0.1) is 0 Å². The standard InChI is InChI=1S/C17H28FN5/c1-3-22-10-12-23(13-11-22)9-8-20-17(19-2)21-14-15-6-4-5-7-16(15)18/h4-7H,3,8-14H2,1-2H3,(H2,19,20,21). The molecule has 5 nitrogen and oxygen atoms in total. The zero-order valence-corrected chi connectivity index (χ0v) is 14.2. The summed E-state index contributed by atoms with van der Waals surface area (Å²) in [4.78, 5) is 9.12. The van der Waals surface area contributed by atoms with Gasteiger partial charge in [-0.2, -0.15) is 0 Å². The molecule has 1 aliphatic rings. The van der Waals surface area contributed by atoms with Gasteiger partial charge >= 0.3 is 0 Å². The van der Waals surface area contributed by atoms with Gasteiger partial charge in [-0.05, 0) is 12.6 Å². The fourth-order valence-electron chi connectivity index (χ4n) is 2.70. The quantitative estimate of drug-likeness (QED) is 0.609. The minimum absolute atomic E-state index is 0.191. The fraction of sp³-hybridized carbons (Fsp3) is 0.588. The highest BCUT2D eigenvalue weighted by Crippen LogP contribution is 2.05. The van der Waals surface area contributed by atoms with Crippen molar-refractivity contribution in [3.05, 3.63) is 35.6 Å². The van der Waals surface area contributed by atoms with Gasteiger partial charge in [-0.25, -0.2) is 4.39 Å². The zero-order chi connectivity index (χ0) is 16.5. The lowest BCUT2D eigenvalue weighted by Gasteiger charge is -2.34. The van der Waals surface area contributed by atoms with Crippen LogP contribution in [0, 0.1) is 5.82 Å². The van der Waals surface area contributed by atoms with Gasteiger partial charge in [-0.1, -0.05) is 25.1 Å². The van der Waals surface area contributed by atoms with Gasteiger partial charge in [0.2, 0.25) is 0 Å². The molecule has 0 bridgehead atoms. The Hall–Kier alpha value is -1.66. The minimum Gasteiger partial charge on any atom is -0.355 e. The summed E-state index contributed by atoms with van der Waals surface area (Å²) >= 11 is 0. The number of likely N-dealkylation sites (N-methyl/N-ethyl adjacent to an activating group) is 1. The first-order chi connectivity index (χ1) is 11.2. The predicted octanol–water partition coefficient (Wildman–Crippen LogP) is 1.13. The largest absolute Gasteiger partial charge is 0.355 e. The van der Waals surface area contributed by atoms with Crippen LogP contribution in [0.4, 0.5) is 4.39 Å². The van der Waals surface area contributed by atoms with Crippen molar-refractivity contribution in [2.24, 2.45) is 4.99 Å². The van der Waals surface area contributed by atoms with Crippen molar-refractivity contribution in [1.29, 1.82) is 0 Å². The molecule has 23 heavy (non-hydrogen) atoms. The lowest BCUT2D eigenvalue weighted by Crippen LogP contribution is -2.49. The molecule has 1 saturated heterocycles. The molecule has 6 heteroatoms. The summed E-state index contributed by atoms with van der Waals surface area (Å²) in [5.41, 5.74) is 0.645. The molecule has 2 N–H and O–H groups in total. The van der Waals surface area contributed by atoms with Crippen LogP contribution in [0.5, 0.6) is 0 Å². The second-order valence-corrected chi connectivity index (χ2v) is 5.72. The average molecular weight is 321 g/mol. The molecule has 0 aromatic heterocycles. The van der Waals surface area contributed by atoms with Crippen molar-refractivity contribution in [3.63, 3.8) is 0 Å². The molecule has 0 saturated carbocycles. The van der Waals surface area contributed by atoms with Crippen LogP contribution in [-0.4, -0.2) is 68.6 Å². The highest BCUT2D eigenvalue weighted by atomic mass is 19.1. The smallest absolute Gasteiger partial charge is 0.191 e. The molecule has 1 heterocycles. The fourth-order valence-corrected chi connectivity index (χ4v) is 2.70. The third kappa shape index (κ3) is 5.80. The lowest BCUT2D eigenvalue weighted by atomic mass is 10.2. The summed E-state index contributed by atoms with van der Waals surface area (Å²) in [6.07, 6.45) is 0. The van der Waals surface area contributed by atoms with Crippen LogP contribution in [0.3, 0.4) is 0 Å². The molecule has 1 fully saturated rings. The molecule has 128 valence electrons. The van der Waals surface area contributed by atoms with Crippen LogP contribution in [0.15, 0.2) is 29.3 Å². The molecule has 0 amide bonds. The van der Waals surface area contributed by atoms with Gasteiger partial charge in [0.05, 0.1) is 0 Å². The van der Waals surface area contributed by atoms with E-state index < -0.39 is 0 Å². The number of rotatable bonds is 6. The molecular weight excluding hydrogens is 293 g/mol. The van der Waals surface area contributed by atoms with Gasteiger partial charge in [-0.3, -0.25) is 9.89 Å². The Morgan fingerprint density at radius 3 is 2.48 bits per heavy atom. The van der Waals surface area contributed by atoms with Crippen molar-refractivity contribution in [1.82, 2.24) is 20.4 Å². The number of nitrogens with zero attached hydrogens (tertiary/aromatic N) is 3. The SMILES string of the molecule is CCN1CCN(CCNC(=NC)NCc2ccccc2F)CC1. The highest BCUT2D eigenvalue weighted by Gasteiger charge is 2.14. The number of aliphatic imine (C=N–C) groups is 1. The van der Waals surface area contributed by atoms with Crippen LogP contribution < -0.4 is 10.6 Å². The molecule has 1 aromatic carbocycles.